The second-order valence-corrected chi connectivity index (χ2v) is 7.41. The molecule has 0 spiro atoms. The number of anilines is 3. The standard InChI is InChI=1S/C20H22N6O2/c1-13-15(8-5-9-17(13)26(27)28)22-18-11-16(14-7-6-10-21-12-14)23-19(24-18)25-20(2,3)4/h5-12H,1-4H3,(H2,22,23,24,25). The van der Waals surface area contributed by atoms with Crippen molar-refractivity contribution < 1.29 is 4.92 Å². The number of nitrogens with one attached hydrogen (secondary N) is 2. The number of aromatic nitrogens is 3. The van der Waals surface area contributed by atoms with Gasteiger partial charge in [0.1, 0.15) is 5.82 Å². The first-order chi connectivity index (χ1) is 13.2. The van der Waals surface area contributed by atoms with Gasteiger partial charge < -0.3 is 10.6 Å². The maximum absolute atomic E-state index is 11.2. The number of nitrogens with zero attached hydrogens (tertiary/aromatic N) is 4. The summed E-state index contributed by atoms with van der Waals surface area (Å²) in [5.74, 6) is 0.989. The lowest BCUT2D eigenvalue weighted by Gasteiger charge is -2.21. The number of nitro groups is 1. The zero-order valence-corrected chi connectivity index (χ0v) is 16.2. The summed E-state index contributed by atoms with van der Waals surface area (Å²) in [6, 6.07) is 10.5. The number of hydrogen-bond donors (Lipinski definition) is 2. The van der Waals surface area contributed by atoms with Gasteiger partial charge in [-0.25, -0.2) is 4.98 Å². The molecule has 3 aromatic rings. The van der Waals surface area contributed by atoms with Crippen molar-refractivity contribution in [3.05, 3.63) is 64.5 Å². The van der Waals surface area contributed by atoms with Gasteiger partial charge in [-0.05, 0) is 45.9 Å². The van der Waals surface area contributed by atoms with Crippen molar-refractivity contribution in [2.75, 3.05) is 10.6 Å². The maximum Gasteiger partial charge on any atom is 0.274 e. The molecule has 1 aromatic carbocycles. The molecule has 0 bridgehead atoms. The zero-order chi connectivity index (χ0) is 20.3. The largest absolute Gasteiger partial charge is 0.350 e. The molecule has 2 heterocycles. The molecule has 0 radical (unpaired) electrons. The van der Waals surface area contributed by atoms with E-state index in [9.17, 15) is 10.1 Å². The SMILES string of the molecule is Cc1c(Nc2cc(-c3cccnc3)nc(NC(C)(C)C)n2)cccc1[N+](=O)[O-]. The van der Waals surface area contributed by atoms with Crippen molar-refractivity contribution in [1.82, 2.24) is 15.0 Å². The molecule has 2 aromatic heterocycles. The number of rotatable bonds is 5. The summed E-state index contributed by atoms with van der Waals surface area (Å²) in [6.45, 7) is 7.76. The molecule has 8 heteroatoms. The van der Waals surface area contributed by atoms with Crippen LogP contribution in [0.1, 0.15) is 26.3 Å². The Morgan fingerprint density at radius 1 is 1.11 bits per heavy atom. The third-order valence-electron chi connectivity index (χ3n) is 3.93. The number of nitro benzene ring substituents is 1. The summed E-state index contributed by atoms with van der Waals surface area (Å²) in [5, 5.41) is 17.7. The average Bonchev–Trinajstić information content (AvgIpc) is 2.62. The summed E-state index contributed by atoms with van der Waals surface area (Å²) in [7, 11) is 0. The molecule has 3 rings (SSSR count). The van der Waals surface area contributed by atoms with Crippen molar-refractivity contribution >= 4 is 23.1 Å². The predicted octanol–water partition coefficient (Wildman–Crippen LogP) is 4.71. The second kappa shape index (κ2) is 7.59. The third kappa shape index (κ3) is 4.59. The van der Waals surface area contributed by atoms with Crippen molar-refractivity contribution in [1.29, 1.82) is 0 Å². The minimum atomic E-state index is -0.395. The second-order valence-electron chi connectivity index (χ2n) is 7.41. The van der Waals surface area contributed by atoms with Gasteiger partial charge in [0.15, 0.2) is 0 Å². The summed E-state index contributed by atoms with van der Waals surface area (Å²) in [4.78, 5) is 24.1. The van der Waals surface area contributed by atoms with Crippen LogP contribution in [0.25, 0.3) is 11.3 Å². The molecule has 0 atom stereocenters. The normalized spacial score (nSPS) is 11.1. The van der Waals surface area contributed by atoms with Gasteiger partial charge in [-0.1, -0.05) is 6.07 Å². The van der Waals surface area contributed by atoms with Crippen molar-refractivity contribution in [3.63, 3.8) is 0 Å². The Kier molecular flexibility index (Phi) is 5.21. The van der Waals surface area contributed by atoms with E-state index in [0.717, 1.165) is 5.56 Å². The molecule has 28 heavy (non-hydrogen) atoms. The van der Waals surface area contributed by atoms with E-state index in [2.05, 4.69) is 25.6 Å². The first-order valence-electron chi connectivity index (χ1n) is 8.81. The van der Waals surface area contributed by atoms with Crippen molar-refractivity contribution in [2.24, 2.45) is 0 Å². The van der Waals surface area contributed by atoms with Crippen LogP contribution in [0.5, 0.6) is 0 Å². The van der Waals surface area contributed by atoms with Gasteiger partial charge in [-0.3, -0.25) is 15.1 Å². The first-order valence-corrected chi connectivity index (χ1v) is 8.81. The average molecular weight is 378 g/mol. The summed E-state index contributed by atoms with van der Waals surface area (Å²) in [5.41, 5.74) is 2.53. The van der Waals surface area contributed by atoms with E-state index in [-0.39, 0.29) is 11.2 Å². The third-order valence-corrected chi connectivity index (χ3v) is 3.93. The highest BCUT2D eigenvalue weighted by Crippen LogP contribution is 2.29. The summed E-state index contributed by atoms with van der Waals surface area (Å²) < 4.78 is 0. The molecule has 8 nitrogen and oxygen atoms in total. The minimum absolute atomic E-state index is 0.0552. The Bertz CT molecular complexity index is 999. The zero-order valence-electron chi connectivity index (χ0n) is 16.2. The summed E-state index contributed by atoms with van der Waals surface area (Å²) in [6.07, 6.45) is 3.43. The van der Waals surface area contributed by atoms with Crippen LogP contribution < -0.4 is 10.6 Å². The van der Waals surface area contributed by atoms with Gasteiger partial charge in [0.2, 0.25) is 5.95 Å². The van der Waals surface area contributed by atoms with E-state index in [4.69, 9.17) is 0 Å². The molecule has 0 aliphatic carbocycles. The van der Waals surface area contributed by atoms with Gasteiger partial charge in [0.25, 0.3) is 5.69 Å². The molecular formula is C20H22N6O2. The van der Waals surface area contributed by atoms with Crippen LogP contribution in [0.15, 0.2) is 48.8 Å². The van der Waals surface area contributed by atoms with E-state index in [1.165, 1.54) is 6.07 Å². The molecule has 0 fully saturated rings. The molecule has 0 aliphatic heterocycles. The number of pyridine rings is 1. The first kappa shape index (κ1) is 19.2. The molecule has 144 valence electrons. The highest BCUT2D eigenvalue weighted by Gasteiger charge is 2.16. The lowest BCUT2D eigenvalue weighted by Crippen LogP contribution is -2.27. The minimum Gasteiger partial charge on any atom is -0.350 e. The number of hydrogen-bond acceptors (Lipinski definition) is 7. The molecule has 0 saturated heterocycles. The van der Waals surface area contributed by atoms with Crippen molar-refractivity contribution in [3.8, 4) is 11.3 Å². The fraction of sp³-hybridized carbons (Fsp3) is 0.250. The van der Waals surface area contributed by atoms with E-state index < -0.39 is 4.92 Å². The Labute approximate surface area is 163 Å². The van der Waals surface area contributed by atoms with Crippen LogP contribution >= 0.6 is 0 Å². The van der Waals surface area contributed by atoms with Crippen molar-refractivity contribution in [2.45, 2.75) is 33.2 Å². The van der Waals surface area contributed by atoms with E-state index in [0.29, 0.717) is 28.7 Å². The predicted molar refractivity (Wildman–Crippen MR) is 110 cm³/mol. The van der Waals surface area contributed by atoms with Crippen LogP contribution in [0.2, 0.25) is 0 Å². The van der Waals surface area contributed by atoms with Gasteiger partial charge in [0, 0.05) is 41.3 Å². The quantitative estimate of drug-likeness (QED) is 0.489. The lowest BCUT2D eigenvalue weighted by molar-refractivity contribution is -0.385. The van der Waals surface area contributed by atoms with Gasteiger partial charge in [-0.15, -0.1) is 0 Å². The molecule has 0 amide bonds. The Hall–Kier alpha value is -3.55. The van der Waals surface area contributed by atoms with Crippen LogP contribution in [0.4, 0.5) is 23.1 Å². The highest BCUT2D eigenvalue weighted by molar-refractivity contribution is 5.70. The fourth-order valence-electron chi connectivity index (χ4n) is 2.66. The van der Waals surface area contributed by atoms with Gasteiger partial charge in [-0.2, -0.15) is 4.98 Å². The van der Waals surface area contributed by atoms with Crippen LogP contribution in [0, 0.1) is 17.0 Å². The fourth-order valence-corrected chi connectivity index (χ4v) is 2.66. The molecular weight excluding hydrogens is 356 g/mol. The molecule has 0 saturated carbocycles. The molecule has 0 unspecified atom stereocenters. The smallest absolute Gasteiger partial charge is 0.274 e. The van der Waals surface area contributed by atoms with E-state index >= 15 is 0 Å². The Balaban J connectivity index is 2.04. The molecule has 0 aliphatic rings. The molecule has 2 N–H and O–H groups in total. The Morgan fingerprint density at radius 3 is 2.54 bits per heavy atom. The van der Waals surface area contributed by atoms with Gasteiger partial charge >= 0.3 is 0 Å². The summed E-state index contributed by atoms with van der Waals surface area (Å²) >= 11 is 0. The van der Waals surface area contributed by atoms with E-state index in [1.807, 2.05) is 32.9 Å². The maximum atomic E-state index is 11.2. The number of benzene rings is 1. The topological polar surface area (TPSA) is 106 Å². The van der Waals surface area contributed by atoms with Crippen LogP contribution in [-0.4, -0.2) is 25.4 Å². The Morgan fingerprint density at radius 2 is 1.89 bits per heavy atom. The van der Waals surface area contributed by atoms with E-state index in [1.54, 1.807) is 37.5 Å². The van der Waals surface area contributed by atoms with Gasteiger partial charge in [0.05, 0.1) is 16.2 Å². The van der Waals surface area contributed by atoms with Crippen LogP contribution in [0.3, 0.4) is 0 Å². The highest BCUT2D eigenvalue weighted by atomic mass is 16.6. The van der Waals surface area contributed by atoms with Crippen LogP contribution in [-0.2, 0) is 0 Å². The monoisotopic (exact) mass is 378 g/mol. The lowest BCUT2D eigenvalue weighted by atomic mass is 10.1.